The number of amides is 1. The van der Waals surface area contributed by atoms with Crippen LogP contribution in [0.5, 0.6) is 0 Å². The smallest absolute Gasteiger partial charge is 0.239 e. The lowest BCUT2D eigenvalue weighted by Crippen LogP contribution is -2.39. The fraction of sp³-hybridized carbons (Fsp3) is 0.364. The van der Waals surface area contributed by atoms with Crippen molar-refractivity contribution in [3.8, 4) is 0 Å². The summed E-state index contributed by atoms with van der Waals surface area (Å²) in [5.74, 6) is -0.0502. The van der Waals surface area contributed by atoms with Gasteiger partial charge in [0.1, 0.15) is 0 Å². The number of hydrogen-bond donors (Lipinski definition) is 1. The third-order valence-corrected chi connectivity index (χ3v) is 2.90. The van der Waals surface area contributed by atoms with Gasteiger partial charge in [0.05, 0.1) is 6.04 Å². The lowest BCUT2D eigenvalue weighted by molar-refractivity contribution is -0.131. The summed E-state index contributed by atoms with van der Waals surface area (Å²) in [6, 6.07) is 7.39. The predicted molar refractivity (Wildman–Crippen MR) is 64.3 cm³/mol. The van der Waals surface area contributed by atoms with Crippen molar-refractivity contribution in [3.05, 3.63) is 34.3 Å². The van der Waals surface area contributed by atoms with E-state index in [0.29, 0.717) is 6.54 Å². The van der Waals surface area contributed by atoms with Crippen molar-refractivity contribution in [2.45, 2.75) is 19.5 Å². The van der Waals surface area contributed by atoms with E-state index in [9.17, 15) is 4.79 Å². The van der Waals surface area contributed by atoms with E-state index in [1.54, 1.807) is 18.9 Å². The molecule has 4 heteroatoms. The van der Waals surface area contributed by atoms with Crippen LogP contribution in [0.15, 0.2) is 28.7 Å². The van der Waals surface area contributed by atoms with Gasteiger partial charge in [-0.1, -0.05) is 34.1 Å². The number of carbonyl (C=O) groups is 1. The standard InChI is InChI=1S/C11H15BrN2O/c1-8(13)11(15)14(2)7-9-5-3-4-6-10(9)12/h3-6,8H,7,13H2,1-2H3. The fourth-order valence-electron chi connectivity index (χ4n) is 1.31. The minimum atomic E-state index is -0.447. The summed E-state index contributed by atoms with van der Waals surface area (Å²) >= 11 is 3.44. The first kappa shape index (κ1) is 12.2. The second-order valence-electron chi connectivity index (χ2n) is 3.57. The maximum absolute atomic E-state index is 11.5. The molecule has 0 saturated heterocycles. The van der Waals surface area contributed by atoms with Gasteiger partial charge in [0, 0.05) is 18.1 Å². The van der Waals surface area contributed by atoms with Crippen LogP contribution < -0.4 is 5.73 Å². The lowest BCUT2D eigenvalue weighted by Gasteiger charge is -2.19. The summed E-state index contributed by atoms with van der Waals surface area (Å²) in [7, 11) is 1.76. The largest absolute Gasteiger partial charge is 0.340 e. The molecule has 0 spiro atoms. The van der Waals surface area contributed by atoms with Gasteiger partial charge in [-0.2, -0.15) is 0 Å². The number of likely N-dealkylation sites (N-methyl/N-ethyl adjacent to an activating group) is 1. The van der Waals surface area contributed by atoms with Crippen molar-refractivity contribution >= 4 is 21.8 Å². The van der Waals surface area contributed by atoms with Gasteiger partial charge < -0.3 is 10.6 Å². The Morgan fingerprint density at radius 3 is 2.67 bits per heavy atom. The highest BCUT2D eigenvalue weighted by atomic mass is 79.9. The molecule has 2 N–H and O–H groups in total. The molecule has 0 aliphatic heterocycles. The van der Waals surface area contributed by atoms with Crippen LogP contribution in [0.3, 0.4) is 0 Å². The Morgan fingerprint density at radius 1 is 1.53 bits per heavy atom. The zero-order chi connectivity index (χ0) is 11.4. The number of carbonyl (C=O) groups excluding carboxylic acids is 1. The quantitative estimate of drug-likeness (QED) is 0.910. The second kappa shape index (κ2) is 5.28. The first-order valence-electron chi connectivity index (χ1n) is 4.76. The Hall–Kier alpha value is -0.870. The van der Waals surface area contributed by atoms with Crippen molar-refractivity contribution in [3.63, 3.8) is 0 Å². The number of nitrogens with two attached hydrogens (primary N) is 1. The molecule has 0 aliphatic rings. The van der Waals surface area contributed by atoms with Crippen molar-refractivity contribution in [1.29, 1.82) is 0 Å². The molecule has 0 heterocycles. The maximum atomic E-state index is 11.5. The lowest BCUT2D eigenvalue weighted by atomic mass is 10.2. The Balaban J connectivity index is 2.71. The highest BCUT2D eigenvalue weighted by Gasteiger charge is 2.14. The molecule has 1 unspecified atom stereocenters. The molecule has 15 heavy (non-hydrogen) atoms. The number of nitrogens with zero attached hydrogens (tertiary/aromatic N) is 1. The predicted octanol–water partition coefficient (Wildman–Crippen LogP) is 1.75. The van der Waals surface area contributed by atoms with Crippen LogP contribution in [0.2, 0.25) is 0 Å². The van der Waals surface area contributed by atoms with Gasteiger partial charge in [0.25, 0.3) is 0 Å². The molecule has 82 valence electrons. The SMILES string of the molecule is CC(N)C(=O)N(C)Cc1ccccc1Br. The van der Waals surface area contributed by atoms with Crippen molar-refractivity contribution in [2.24, 2.45) is 5.73 Å². The van der Waals surface area contributed by atoms with Crippen LogP contribution in [0, 0.1) is 0 Å². The van der Waals surface area contributed by atoms with Gasteiger partial charge in [-0.3, -0.25) is 4.79 Å². The molecule has 3 nitrogen and oxygen atoms in total. The molecule has 1 amide bonds. The summed E-state index contributed by atoms with van der Waals surface area (Å²) in [5.41, 5.74) is 6.60. The highest BCUT2D eigenvalue weighted by molar-refractivity contribution is 9.10. The molecule has 0 radical (unpaired) electrons. The van der Waals surface area contributed by atoms with Gasteiger partial charge in [-0.05, 0) is 18.6 Å². The van der Waals surface area contributed by atoms with E-state index in [0.717, 1.165) is 10.0 Å². The second-order valence-corrected chi connectivity index (χ2v) is 4.43. The molecule has 1 aromatic rings. The highest BCUT2D eigenvalue weighted by Crippen LogP contribution is 2.17. The average molecular weight is 271 g/mol. The third-order valence-electron chi connectivity index (χ3n) is 2.13. The van der Waals surface area contributed by atoms with Crippen LogP contribution in [0.1, 0.15) is 12.5 Å². The Kier molecular flexibility index (Phi) is 4.29. The van der Waals surface area contributed by atoms with Gasteiger partial charge in [-0.25, -0.2) is 0 Å². The van der Waals surface area contributed by atoms with Crippen LogP contribution in [0.4, 0.5) is 0 Å². The molecule has 0 aliphatic carbocycles. The Bertz CT molecular complexity index is 352. The topological polar surface area (TPSA) is 46.3 Å². The first-order valence-corrected chi connectivity index (χ1v) is 5.55. The molecule has 0 aromatic heterocycles. The third kappa shape index (κ3) is 3.32. The molecular weight excluding hydrogens is 256 g/mol. The van der Waals surface area contributed by atoms with E-state index in [1.165, 1.54) is 0 Å². The summed E-state index contributed by atoms with van der Waals surface area (Å²) < 4.78 is 1.01. The van der Waals surface area contributed by atoms with Gasteiger partial charge in [-0.15, -0.1) is 0 Å². The van der Waals surface area contributed by atoms with E-state index in [2.05, 4.69) is 15.9 Å². The summed E-state index contributed by atoms with van der Waals surface area (Å²) in [6.45, 7) is 2.26. The van der Waals surface area contributed by atoms with Crippen molar-refractivity contribution < 1.29 is 4.79 Å². The minimum Gasteiger partial charge on any atom is -0.340 e. The van der Waals surface area contributed by atoms with E-state index in [-0.39, 0.29) is 5.91 Å². The Labute approximate surface area is 98.4 Å². The molecular formula is C11H15BrN2O. The normalized spacial score (nSPS) is 12.3. The zero-order valence-corrected chi connectivity index (χ0v) is 10.5. The molecule has 0 saturated carbocycles. The van der Waals surface area contributed by atoms with Crippen LogP contribution in [-0.2, 0) is 11.3 Å². The monoisotopic (exact) mass is 270 g/mol. The van der Waals surface area contributed by atoms with E-state index in [1.807, 2.05) is 24.3 Å². The summed E-state index contributed by atoms with van der Waals surface area (Å²) in [6.07, 6.45) is 0. The molecule has 1 aromatic carbocycles. The van der Waals surface area contributed by atoms with E-state index >= 15 is 0 Å². The van der Waals surface area contributed by atoms with Crippen molar-refractivity contribution in [1.82, 2.24) is 4.90 Å². The van der Waals surface area contributed by atoms with Crippen LogP contribution >= 0.6 is 15.9 Å². The summed E-state index contributed by atoms with van der Waals surface area (Å²) in [5, 5.41) is 0. The van der Waals surface area contributed by atoms with Gasteiger partial charge >= 0.3 is 0 Å². The van der Waals surface area contributed by atoms with Crippen LogP contribution in [0.25, 0.3) is 0 Å². The van der Waals surface area contributed by atoms with Gasteiger partial charge in [0.2, 0.25) is 5.91 Å². The summed E-state index contributed by atoms with van der Waals surface area (Å²) in [4.78, 5) is 13.2. The van der Waals surface area contributed by atoms with Gasteiger partial charge in [0.15, 0.2) is 0 Å². The molecule has 1 atom stereocenters. The first-order chi connectivity index (χ1) is 7.02. The van der Waals surface area contributed by atoms with Crippen molar-refractivity contribution in [2.75, 3.05) is 7.05 Å². The van der Waals surface area contributed by atoms with E-state index in [4.69, 9.17) is 5.73 Å². The molecule has 0 fully saturated rings. The zero-order valence-electron chi connectivity index (χ0n) is 8.90. The number of rotatable bonds is 3. The van der Waals surface area contributed by atoms with E-state index < -0.39 is 6.04 Å². The maximum Gasteiger partial charge on any atom is 0.239 e. The number of halogens is 1. The molecule has 0 bridgehead atoms. The molecule has 1 rings (SSSR count). The van der Waals surface area contributed by atoms with Crippen LogP contribution in [-0.4, -0.2) is 23.9 Å². The number of hydrogen-bond acceptors (Lipinski definition) is 2. The Morgan fingerprint density at radius 2 is 2.13 bits per heavy atom. The minimum absolute atomic E-state index is 0.0502. The fourth-order valence-corrected chi connectivity index (χ4v) is 1.72. The average Bonchev–Trinajstić information content (AvgIpc) is 2.20. The number of benzene rings is 1.